The lowest BCUT2D eigenvalue weighted by Crippen LogP contribution is -2.34. The molecule has 0 aromatic heterocycles. The Kier molecular flexibility index (Phi) is 1.83. The molecule has 6 atom stereocenters. The molecule has 3 rings (SSSR count). The van der Waals surface area contributed by atoms with Crippen LogP contribution in [0.3, 0.4) is 0 Å². The van der Waals surface area contributed by atoms with Crippen LogP contribution in [0.5, 0.6) is 0 Å². The van der Waals surface area contributed by atoms with Crippen molar-refractivity contribution < 1.29 is 0 Å². The van der Waals surface area contributed by atoms with Gasteiger partial charge in [0.1, 0.15) is 0 Å². The van der Waals surface area contributed by atoms with Crippen LogP contribution in [0, 0.1) is 35.0 Å². The van der Waals surface area contributed by atoms with Crippen molar-refractivity contribution in [3.05, 3.63) is 0 Å². The SMILES string of the molecule is CC1CCCC2CC3CC3C2(C)C1C. The number of rotatable bonds is 0. The van der Waals surface area contributed by atoms with E-state index in [9.17, 15) is 0 Å². The molecule has 0 radical (unpaired) electrons. The van der Waals surface area contributed by atoms with E-state index < -0.39 is 0 Å². The predicted octanol–water partition coefficient (Wildman–Crippen LogP) is 4.10. The fraction of sp³-hybridized carbons (Fsp3) is 1.00. The van der Waals surface area contributed by atoms with Crippen molar-refractivity contribution in [1.82, 2.24) is 0 Å². The molecular weight excluding hydrogens is 168 g/mol. The molecule has 0 heterocycles. The molecule has 0 amide bonds. The van der Waals surface area contributed by atoms with Gasteiger partial charge in [-0.3, -0.25) is 0 Å². The van der Waals surface area contributed by atoms with Gasteiger partial charge in [0.2, 0.25) is 0 Å². The Hall–Kier alpha value is 0. The highest BCUT2D eigenvalue weighted by atomic mass is 14.7. The van der Waals surface area contributed by atoms with E-state index in [0.29, 0.717) is 0 Å². The lowest BCUT2D eigenvalue weighted by Gasteiger charge is -2.40. The summed E-state index contributed by atoms with van der Waals surface area (Å²) >= 11 is 0. The molecule has 3 aliphatic rings. The number of hydrogen-bond acceptors (Lipinski definition) is 0. The zero-order valence-corrected chi connectivity index (χ0v) is 9.92. The van der Waals surface area contributed by atoms with Crippen molar-refractivity contribution in [1.29, 1.82) is 0 Å². The molecule has 3 fully saturated rings. The van der Waals surface area contributed by atoms with Crippen LogP contribution < -0.4 is 0 Å². The van der Waals surface area contributed by atoms with Crippen molar-refractivity contribution in [2.45, 2.75) is 52.9 Å². The Morgan fingerprint density at radius 1 is 1.07 bits per heavy atom. The first-order valence-corrected chi connectivity index (χ1v) is 6.64. The smallest absolute Gasteiger partial charge is 0.0238 e. The molecule has 6 unspecified atom stereocenters. The lowest BCUT2D eigenvalue weighted by molar-refractivity contribution is 0.0778. The molecule has 0 nitrogen and oxygen atoms in total. The van der Waals surface area contributed by atoms with Crippen LogP contribution in [-0.2, 0) is 0 Å². The summed E-state index contributed by atoms with van der Waals surface area (Å²) in [4.78, 5) is 0. The minimum Gasteiger partial charge on any atom is -0.0622 e. The van der Waals surface area contributed by atoms with Gasteiger partial charge in [-0.2, -0.15) is 0 Å². The molecule has 3 aliphatic carbocycles. The Morgan fingerprint density at radius 2 is 1.86 bits per heavy atom. The van der Waals surface area contributed by atoms with Crippen LogP contribution in [0.1, 0.15) is 52.9 Å². The molecule has 0 aliphatic heterocycles. The predicted molar refractivity (Wildman–Crippen MR) is 60.0 cm³/mol. The van der Waals surface area contributed by atoms with Crippen molar-refractivity contribution in [3.8, 4) is 0 Å². The molecule has 3 saturated carbocycles. The van der Waals surface area contributed by atoms with E-state index in [-0.39, 0.29) is 0 Å². The molecule has 0 N–H and O–H groups in total. The molecule has 0 heteroatoms. The quantitative estimate of drug-likeness (QED) is 0.542. The zero-order chi connectivity index (χ0) is 9.92. The highest BCUT2D eigenvalue weighted by molar-refractivity contribution is 5.11. The Bertz CT molecular complexity index is 244. The van der Waals surface area contributed by atoms with Crippen LogP contribution in [0.15, 0.2) is 0 Å². The van der Waals surface area contributed by atoms with Crippen LogP contribution in [0.25, 0.3) is 0 Å². The van der Waals surface area contributed by atoms with E-state index in [1.807, 2.05) is 0 Å². The summed E-state index contributed by atoms with van der Waals surface area (Å²) in [5.74, 6) is 5.32. The summed E-state index contributed by atoms with van der Waals surface area (Å²) < 4.78 is 0. The van der Waals surface area contributed by atoms with Gasteiger partial charge in [-0.1, -0.05) is 33.6 Å². The van der Waals surface area contributed by atoms with Gasteiger partial charge in [0.15, 0.2) is 0 Å². The van der Waals surface area contributed by atoms with E-state index in [2.05, 4.69) is 20.8 Å². The highest BCUT2D eigenvalue weighted by Crippen LogP contribution is 2.70. The minimum absolute atomic E-state index is 0.737. The first kappa shape index (κ1) is 9.24. The summed E-state index contributed by atoms with van der Waals surface area (Å²) in [6.07, 6.45) is 7.69. The van der Waals surface area contributed by atoms with E-state index >= 15 is 0 Å². The van der Waals surface area contributed by atoms with E-state index in [4.69, 9.17) is 0 Å². The second-order valence-corrected chi connectivity index (χ2v) is 6.60. The first-order valence-electron chi connectivity index (χ1n) is 6.64. The second kappa shape index (κ2) is 2.77. The minimum atomic E-state index is 0.737. The molecule has 0 aromatic rings. The Labute approximate surface area is 88.5 Å². The zero-order valence-electron chi connectivity index (χ0n) is 9.92. The van der Waals surface area contributed by atoms with Crippen LogP contribution in [-0.4, -0.2) is 0 Å². The average molecular weight is 192 g/mol. The third kappa shape index (κ3) is 1.01. The van der Waals surface area contributed by atoms with Crippen LogP contribution in [0.4, 0.5) is 0 Å². The maximum absolute atomic E-state index is 2.63. The third-order valence-corrected chi connectivity index (χ3v) is 6.24. The summed E-state index contributed by atoms with van der Waals surface area (Å²) in [7, 11) is 0. The van der Waals surface area contributed by atoms with Gasteiger partial charge < -0.3 is 0 Å². The third-order valence-electron chi connectivity index (χ3n) is 6.24. The maximum atomic E-state index is 2.63. The first-order chi connectivity index (χ1) is 6.64. The topological polar surface area (TPSA) is 0 Å². The largest absolute Gasteiger partial charge is 0.0622 e. The van der Waals surface area contributed by atoms with E-state index in [1.165, 1.54) is 19.3 Å². The standard InChI is InChI=1S/C14H24/c1-9-5-4-6-12-7-11-8-13(11)14(12,3)10(9)2/h9-13H,4-8H2,1-3H3. The van der Waals surface area contributed by atoms with Gasteiger partial charge in [-0.05, 0) is 54.3 Å². The summed E-state index contributed by atoms with van der Waals surface area (Å²) in [6.45, 7) is 7.67. The van der Waals surface area contributed by atoms with Gasteiger partial charge in [0.25, 0.3) is 0 Å². The van der Waals surface area contributed by atoms with Crippen LogP contribution >= 0.6 is 0 Å². The monoisotopic (exact) mass is 192 g/mol. The molecular formula is C14H24. The summed E-state index contributed by atoms with van der Waals surface area (Å²) in [5.41, 5.74) is 0.737. The number of hydrogen-bond donors (Lipinski definition) is 0. The van der Waals surface area contributed by atoms with Crippen molar-refractivity contribution in [2.24, 2.45) is 35.0 Å². The van der Waals surface area contributed by atoms with E-state index in [0.717, 1.165) is 35.0 Å². The molecule has 0 spiro atoms. The maximum Gasteiger partial charge on any atom is -0.0238 e. The van der Waals surface area contributed by atoms with Crippen molar-refractivity contribution in [3.63, 3.8) is 0 Å². The van der Waals surface area contributed by atoms with Crippen molar-refractivity contribution >= 4 is 0 Å². The molecule has 80 valence electrons. The van der Waals surface area contributed by atoms with Gasteiger partial charge in [0.05, 0.1) is 0 Å². The second-order valence-electron chi connectivity index (χ2n) is 6.60. The van der Waals surface area contributed by atoms with Gasteiger partial charge >= 0.3 is 0 Å². The van der Waals surface area contributed by atoms with E-state index in [1.54, 1.807) is 12.8 Å². The molecule has 0 bridgehead atoms. The van der Waals surface area contributed by atoms with Gasteiger partial charge in [-0.15, -0.1) is 0 Å². The highest BCUT2D eigenvalue weighted by Gasteiger charge is 2.62. The summed E-state index contributed by atoms with van der Waals surface area (Å²) in [5, 5.41) is 0. The number of fused-ring (bicyclic) bond motifs is 3. The Morgan fingerprint density at radius 3 is 2.64 bits per heavy atom. The average Bonchev–Trinajstić information content (AvgIpc) is 2.88. The lowest BCUT2D eigenvalue weighted by atomic mass is 9.64. The fourth-order valence-corrected chi connectivity index (χ4v) is 4.88. The van der Waals surface area contributed by atoms with Crippen molar-refractivity contribution in [2.75, 3.05) is 0 Å². The van der Waals surface area contributed by atoms with Gasteiger partial charge in [-0.25, -0.2) is 0 Å². The molecule has 0 aromatic carbocycles. The fourth-order valence-electron chi connectivity index (χ4n) is 4.88. The Balaban J connectivity index is 1.93. The summed E-state index contributed by atoms with van der Waals surface area (Å²) in [6, 6.07) is 0. The van der Waals surface area contributed by atoms with Crippen LogP contribution in [0.2, 0.25) is 0 Å². The normalized spacial score (nSPS) is 61.5. The molecule has 0 saturated heterocycles. The molecule has 14 heavy (non-hydrogen) atoms. The van der Waals surface area contributed by atoms with Gasteiger partial charge in [0, 0.05) is 0 Å².